The van der Waals surface area contributed by atoms with Gasteiger partial charge in [0.15, 0.2) is 11.5 Å². The van der Waals surface area contributed by atoms with E-state index in [-0.39, 0.29) is 31.4 Å². The quantitative estimate of drug-likeness (QED) is 0.461. The number of aliphatic hydroxyl groups excluding tert-OH is 1. The third-order valence-corrected chi connectivity index (χ3v) is 7.87. The molecule has 6 rings (SSSR count). The van der Waals surface area contributed by atoms with Crippen molar-refractivity contribution in [2.24, 2.45) is 23.5 Å². The van der Waals surface area contributed by atoms with Gasteiger partial charge in [-0.05, 0) is 37.5 Å². The monoisotopic (exact) mass is 505 g/mol. The predicted molar refractivity (Wildman–Crippen MR) is 115 cm³/mol. The van der Waals surface area contributed by atoms with E-state index in [1.807, 2.05) is 19.1 Å². The maximum Gasteiger partial charge on any atom is 0.328 e. The molecule has 2 saturated heterocycles. The van der Waals surface area contributed by atoms with Gasteiger partial charge in [-0.25, -0.2) is 4.79 Å². The van der Waals surface area contributed by atoms with Crippen molar-refractivity contribution in [1.82, 2.24) is 9.80 Å². The maximum absolute atomic E-state index is 13.1. The van der Waals surface area contributed by atoms with Crippen LogP contribution in [0.4, 0.5) is 4.79 Å². The third-order valence-electron chi connectivity index (χ3n) is 7.13. The van der Waals surface area contributed by atoms with E-state index in [0.29, 0.717) is 35.8 Å². The van der Waals surface area contributed by atoms with Crippen LogP contribution in [-0.4, -0.2) is 58.2 Å². The first kappa shape index (κ1) is 21.4. The Morgan fingerprint density at radius 2 is 1.88 bits per heavy atom. The molecule has 1 aromatic carbocycles. The van der Waals surface area contributed by atoms with Crippen molar-refractivity contribution in [3.8, 4) is 11.5 Å². The molecular formula is C22H24BrN3O6. The fraction of sp³-hybridized carbons (Fsp3) is 0.500. The average Bonchev–Trinajstić information content (AvgIpc) is 3.30. The van der Waals surface area contributed by atoms with Crippen LogP contribution in [0.2, 0.25) is 0 Å². The molecule has 32 heavy (non-hydrogen) atoms. The van der Waals surface area contributed by atoms with Gasteiger partial charge in [0, 0.05) is 35.6 Å². The SMILES string of the molecule is CC1C2C(CCCO)=CC(C3C(=O)N(C(N)=O)C(=O)C23)N1Cc1cc2c(cc1Br)OCO2. The molecule has 0 saturated carbocycles. The lowest BCUT2D eigenvalue weighted by Gasteiger charge is -2.54. The second-order valence-electron chi connectivity index (χ2n) is 8.70. The summed E-state index contributed by atoms with van der Waals surface area (Å²) in [6.45, 7) is 2.79. The first-order valence-corrected chi connectivity index (χ1v) is 11.4. The van der Waals surface area contributed by atoms with Crippen LogP contribution in [0.25, 0.3) is 0 Å². The summed E-state index contributed by atoms with van der Waals surface area (Å²) in [6.07, 6.45) is 3.28. The lowest BCUT2D eigenvalue weighted by atomic mass is 9.62. The van der Waals surface area contributed by atoms with Gasteiger partial charge in [0.1, 0.15) is 0 Å². The molecule has 10 heteroatoms. The second-order valence-corrected chi connectivity index (χ2v) is 9.55. The molecular weight excluding hydrogens is 482 g/mol. The Kier molecular flexibility index (Phi) is 5.26. The van der Waals surface area contributed by atoms with Gasteiger partial charge in [-0.15, -0.1) is 0 Å². The number of halogens is 1. The number of aliphatic hydroxyl groups is 1. The van der Waals surface area contributed by atoms with Gasteiger partial charge in [-0.2, -0.15) is 4.90 Å². The van der Waals surface area contributed by atoms with E-state index in [4.69, 9.17) is 15.2 Å². The molecule has 3 N–H and O–H groups in total. The molecule has 0 spiro atoms. The summed E-state index contributed by atoms with van der Waals surface area (Å²) in [5.74, 6) is -1.18. The standard InChI is InChI=1S/C22H24BrN3O6/c1-10-17-11(3-2-4-27)5-14(18-19(17)21(29)26(20(18)28)22(24)30)25(10)8-12-6-15-16(7-13(12)23)32-9-31-15/h5-7,10,14,17-19,27H,2-4,8-9H2,1H3,(H2,24,30). The Labute approximate surface area is 193 Å². The van der Waals surface area contributed by atoms with E-state index in [2.05, 4.69) is 26.9 Å². The van der Waals surface area contributed by atoms with E-state index in [1.54, 1.807) is 0 Å². The molecule has 0 radical (unpaired) electrons. The molecule has 5 atom stereocenters. The zero-order valence-electron chi connectivity index (χ0n) is 17.5. The Morgan fingerprint density at radius 1 is 1.19 bits per heavy atom. The summed E-state index contributed by atoms with van der Waals surface area (Å²) in [6, 6.07) is 2.36. The minimum atomic E-state index is -1.02. The molecule has 9 nitrogen and oxygen atoms in total. The molecule has 1 aliphatic carbocycles. The molecule has 4 heterocycles. The summed E-state index contributed by atoms with van der Waals surface area (Å²) in [5, 5.41) is 9.33. The van der Waals surface area contributed by atoms with Crippen molar-refractivity contribution < 1.29 is 29.0 Å². The molecule has 4 amide bonds. The van der Waals surface area contributed by atoms with Gasteiger partial charge in [0.05, 0.1) is 11.8 Å². The molecule has 2 bridgehead atoms. The lowest BCUT2D eigenvalue weighted by molar-refractivity contribution is -0.136. The number of nitrogens with zero attached hydrogens (tertiary/aromatic N) is 2. The fourth-order valence-electron chi connectivity index (χ4n) is 5.78. The van der Waals surface area contributed by atoms with E-state index in [1.165, 1.54) is 0 Å². The Bertz CT molecular complexity index is 1040. The number of hydrogen-bond donors (Lipinski definition) is 2. The summed E-state index contributed by atoms with van der Waals surface area (Å²) >= 11 is 3.61. The van der Waals surface area contributed by atoms with Crippen LogP contribution in [0.3, 0.4) is 0 Å². The number of rotatable bonds is 5. The Hall–Kier alpha value is -2.43. The van der Waals surface area contributed by atoms with Crippen molar-refractivity contribution >= 4 is 33.8 Å². The smallest absolute Gasteiger partial charge is 0.328 e. The Morgan fingerprint density at radius 3 is 2.56 bits per heavy atom. The van der Waals surface area contributed by atoms with Gasteiger partial charge >= 0.3 is 6.03 Å². The van der Waals surface area contributed by atoms with Crippen molar-refractivity contribution in [2.75, 3.05) is 13.4 Å². The normalized spacial score (nSPS) is 30.7. The highest BCUT2D eigenvalue weighted by Gasteiger charge is 2.63. The molecule has 1 aromatic rings. The fourth-order valence-corrected chi connectivity index (χ4v) is 6.23. The first-order valence-electron chi connectivity index (χ1n) is 10.7. The largest absolute Gasteiger partial charge is 0.454 e. The average molecular weight is 506 g/mol. The lowest BCUT2D eigenvalue weighted by Crippen LogP contribution is -2.61. The summed E-state index contributed by atoms with van der Waals surface area (Å²) < 4.78 is 11.8. The highest BCUT2D eigenvalue weighted by Crippen LogP contribution is 2.52. The van der Waals surface area contributed by atoms with Crippen LogP contribution >= 0.6 is 15.9 Å². The number of piperidine rings is 1. The van der Waals surface area contributed by atoms with Crippen LogP contribution in [-0.2, 0) is 16.1 Å². The van der Waals surface area contributed by atoms with Crippen molar-refractivity contribution in [2.45, 2.75) is 38.4 Å². The molecule has 5 aliphatic rings. The number of amides is 4. The van der Waals surface area contributed by atoms with Crippen LogP contribution < -0.4 is 15.2 Å². The number of nitrogens with two attached hydrogens (primary N) is 1. The van der Waals surface area contributed by atoms with Gasteiger partial charge < -0.3 is 20.3 Å². The number of benzene rings is 1. The molecule has 5 unspecified atom stereocenters. The zero-order chi connectivity index (χ0) is 22.7. The number of fused-ring (bicyclic) bond motifs is 2. The van der Waals surface area contributed by atoms with Gasteiger partial charge in [-0.1, -0.05) is 27.6 Å². The van der Waals surface area contributed by atoms with Crippen molar-refractivity contribution in [1.29, 1.82) is 0 Å². The van der Waals surface area contributed by atoms with Crippen LogP contribution in [0, 0.1) is 17.8 Å². The highest BCUT2D eigenvalue weighted by atomic mass is 79.9. The molecule has 0 aromatic heterocycles. The molecule has 4 aliphatic heterocycles. The number of hydrogen-bond acceptors (Lipinski definition) is 7. The summed E-state index contributed by atoms with van der Waals surface area (Å²) in [7, 11) is 0. The first-order chi connectivity index (χ1) is 15.3. The number of imide groups is 3. The molecule has 170 valence electrons. The highest BCUT2D eigenvalue weighted by molar-refractivity contribution is 9.10. The molecule has 2 fully saturated rings. The van der Waals surface area contributed by atoms with Crippen molar-refractivity contribution in [3.63, 3.8) is 0 Å². The van der Waals surface area contributed by atoms with Crippen LogP contribution in [0.1, 0.15) is 25.3 Å². The van der Waals surface area contributed by atoms with E-state index in [9.17, 15) is 19.5 Å². The second kappa shape index (κ2) is 7.86. The Balaban J connectivity index is 1.52. The van der Waals surface area contributed by atoms with Gasteiger partial charge in [0.25, 0.3) is 0 Å². The summed E-state index contributed by atoms with van der Waals surface area (Å²) in [5.41, 5.74) is 7.41. The third kappa shape index (κ3) is 3.07. The number of primary amides is 1. The number of urea groups is 1. The zero-order valence-corrected chi connectivity index (χ0v) is 19.1. The van der Waals surface area contributed by atoms with E-state index < -0.39 is 29.7 Å². The van der Waals surface area contributed by atoms with Crippen molar-refractivity contribution in [3.05, 3.63) is 33.8 Å². The number of likely N-dealkylation sites (tertiary alicyclic amines) is 1. The summed E-state index contributed by atoms with van der Waals surface area (Å²) in [4.78, 5) is 40.8. The number of ether oxygens (including phenoxy) is 2. The van der Waals surface area contributed by atoms with Crippen LogP contribution in [0.5, 0.6) is 11.5 Å². The number of carbonyl (C=O) groups excluding carboxylic acids is 3. The van der Waals surface area contributed by atoms with Gasteiger partial charge in [0.2, 0.25) is 18.6 Å². The number of carbonyl (C=O) groups is 3. The van der Waals surface area contributed by atoms with E-state index >= 15 is 0 Å². The van der Waals surface area contributed by atoms with E-state index in [0.717, 1.165) is 15.6 Å². The minimum absolute atomic E-state index is 0.0470. The maximum atomic E-state index is 13.1. The van der Waals surface area contributed by atoms with Gasteiger partial charge in [-0.3, -0.25) is 14.5 Å². The topological polar surface area (TPSA) is 122 Å². The minimum Gasteiger partial charge on any atom is -0.454 e. The van der Waals surface area contributed by atoms with Crippen LogP contribution in [0.15, 0.2) is 28.3 Å². The predicted octanol–water partition coefficient (Wildman–Crippen LogP) is 1.76.